The van der Waals surface area contributed by atoms with Gasteiger partial charge < -0.3 is 5.32 Å². The van der Waals surface area contributed by atoms with E-state index < -0.39 is 0 Å². The molecule has 144 valence electrons. The van der Waals surface area contributed by atoms with Crippen molar-refractivity contribution in [2.75, 3.05) is 6.54 Å². The van der Waals surface area contributed by atoms with E-state index in [1.165, 1.54) is 0 Å². The second-order valence-corrected chi connectivity index (χ2v) is 7.46. The fourth-order valence-corrected chi connectivity index (χ4v) is 3.19. The van der Waals surface area contributed by atoms with Crippen LogP contribution < -0.4 is 5.32 Å². The summed E-state index contributed by atoms with van der Waals surface area (Å²) in [5.74, 6) is 0.313. The zero-order chi connectivity index (χ0) is 20.2. The Kier molecular flexibility index (Phi) is 5.34. The van der Waals surface area contributed by atoms with Crippen LogP contribution in [0, 0.1) is 5.92 Å². The van der Waals surface area contributed by atoms with Gasteiger partial charge in [0.2, 0.25) is 0 Å². The molecule has 1 N–H and O–H groups in total. The molecule has 29 heavy (non-hydrogen) atoms. The molecule has 0 aliphatic rings. The summed E-state index contributed by atoms with van der Waals surface area (Å²) >= 11 is 0. The Balaban J connectivity index is 1.84. The van der Waals surface area contributed by atoms with Crippen LogP contribution in [0.1, 0.15) is 24.2 Å². The molecule has 0 spiro atoms. The Morgan fingerprint density at radius 2 is 1.34 bits per heavy atom. The largest absolute Gasteiger partial charge is 0.352 e. The van der Waals surface area contributed by atoms with Crippen LogP contribution in [-0.4, -0.2) is 22.4 Å². The number of carbonyl (C=O) groups is 1. The van der Waals surface area contributed by atoms with E-state index in [4.69, 9.17) is 9.97 Å². The number of aromatic nitrogens is 2. The summed E-state index contributed by atoms with van der Waals surface area (Å²) in [7, 11) is 0. The molecule has 0 aliphatic carbocycles. The topological polar surface area (TPSA) is 54.9 Å². The molecular formula is C25H23N3O. The van der Waals surface area contributed by atoms with Gasteiger partial charge in [-0.3, -0.25) is 4.79 Å². The second-order valence-electron chi connectivity index (χ2n) is 7.46. The molecule has 0 atom stereocenters. The molecule has 0 saturated carbocycles. The highest BCUT2D eigenvalue weighted by Gasteiger charge is 2.14. The van der Waals surface area contributed by atoms with Crippen LogP contribution in [0.25, 0.3) is 33.5 Å². The van der Waals surface area contributed by atoms with E-state index in [9.17, 15) is 4.79 Å². The number of amides is 1. The molecular weight excluding hydrogens is 358 g/mol. The minimum Gasteiger partial charge on any atom is -0.352 e. The predicted octanol–water partition coefficient (Wildman–Crippen LogP) is 5.35. The summed E-state index contributed by atoms with van der Waals surface area (Å²) in [5.41, 5.74) is 5.73. The summed E-state index contributed by atoms with van der Waals surface area (Å²) in [6.07, 6.45) is 0. The third kappa shape index (κ3) is 4.16. The smallest absolute Gasteiger partial charge is 0.251 e. The number of nitrogens with zero attached hydrogens (tertiary/aromatic N) is 2. The molecule has 3 aromatic carbocycles. The van der Waals surface area contributed by atoms with E-state index in [1.54, 1.807) is 0 Å². The van der Waals surface area contributed by atoms with Crippen molar-refractivity contribution in [3.8, 4) is 22.5 Å². The lowest BCUT2D eigenvalue weighted by Gasteiger charge is -2.12. The third-order valence-electron chi connectivity index (χ3n) is 4.69. The molecule has 1 heterocycles. The van der Waals surface area contributed by atoms with Gasteiger partial charge in [0, 0.05) is 23.2 Å². The first-order valence-corrected chi connectivity index (χ1v) is 9.82. The van der Waals surface area contributed by atoms with Gasteiger partial charge in [0.1, 0.15) is 0 Å². The molecule has 0 saturated heterocycles. The van der Waals surface area contributed by atoms with Crippen LogP contribution in [-0.2, 0) is 0 Å². The second kappa shape index (κ2) is 8.23. The number of hydrogen-bond acceptors (Lipinski definition) is 3. The highest BCUT2D eigenvalue weighted by atomic mass is 16.1. The van der Waals surface area contributed by atoms with E-state index in [2.05, 4.69) is 19.2 Å². The Labute approximate surface area is 170 Å². The number of rotatable bonds is 5. The number of benzene rings is 3. The minimum absolute atomic E-state index is 0.0872. The molecule has 4 heteroatoms. The SMILES string of the molecule is CC(C)CNC(=O)c1ccc2nc(-c3ccccc3)c(-c3ccccc3)nc2c1. The van der Waals surface area contributed by atoms with Crippen LogP contribution in [0.4, 0.5) is 0 Å². The molecule has 4 rings (SSSR count). The lowest BCUT2D eigenvalue weighted by Crippen LogP contribution is -2.27. The fourth-order valence-electron chi connectivity index (χ4n) is 3.19. The summed E-state index contributed by atoms with van der Waals surface area (Å²) in [6.45, 7) is 4.79. The van der Waals surface area contributed by atoms with Gasteiger partial charge in [-0.25, -0.2) is 9.97 Å². The first-order valence-electron chi connectivity index (χ1n) is 9.82. The molecule has 4 aromatic rings. The van der Waals surface area contributed by atoms with Crippen molar-refractivity contribution in [1.82, 2.24) is 15.3 Å². The monoisotopic (exact) mass is 381 g/mol. The van der Waals surface area contributed by atoms with Gasteiger partial charge in [0.05, 0.1) is 22.4 Å². The van der Waals surface area contributed by atoms with E-state index in [0.717, 1.165) is 28.0 Å². The Bertz CT molecular complexity index is 1140. The van der Waals surface area contributed by atoms with Crippen molar-refractivity contribution in [3.05, 3.63) is 84.4 Å². The van der Waals surface area contributed by atoms with Gasteiger partial charge in [-0.1, -0.05) is 74.5 Å². The highest BCUT2D eigenvalue weighted by Crippen LogP contribution is 2.31. The molecule has 0 unspecified atom stereocenters. The lowest BCUT2D eigenvalue weighted by molar-refractivity contribution is 0.0949. The summed E-state index contributed by atoms with van der Waals surface area (Å²) in [5, 5.41) is 2.96. The zero-order valence-electron chi connectivity index (χ0n) is 16.6. The van der Waals surface area contributed by atoms with Gasteiger partial charge >= 0.3 is 0 Å². The number of fused-ring (bicyclic) bond motifs is 1. The maximum Gasteiger partial charge on any atom is 0.251 e. The average Bonchev–Trinajstić information content (AvgIpc) is 2.77. The summed E-state index contributed by atoms with van der Waals surface area (Å²) in [4.78, 5) is 22.3. The summed E-state index contributed by atoms with van der Waals surface area (Å²) in [6, 6.07) is 25.6. The maximum absolute atomic E-state index is 12.5. The van der Waals surface area contributed by atoms with Gasteiger partial charge in [-0.05, 0) is 24.1 Å². The van der Waals surface area contributed by atoms with Crippen molar-refractivity contribution in [3.63, 3.8) is 0 Å². The van der Waals surface area contributed by atoms with Crippen LogP contribution in [0.5, 0.6) is 0 Å². The van der Waals surface area contributed by atoms with Crippen LogP contribution >= 0.6 is 0 Å². The number of hydrogen-bond donors (Lipinski definition) is 1. The van der Waals surface area contributed by atoms with Gasteiger partial charge in [0.25, 0.3) is 5.91 Å². The molecule has 0 radical (unpaired) electrons. The molecule has 1 aromatic heterocycles. The first kappa shape index (κ1) is 18.8. The number of nitrogens with one attached hydrogen (secondary N) is 1. The van der Waals surface area contributed by atoms with E-state index in [1.807, 2.05) is 78.9 Å². The Morgan fingerprint density at radius 1 is 0.793 bits per heavy atom. The molecule has 0 bridgehead atoms. The third-order valence-corrected chi connectivity index (χ3v) is 4.69. The molecule has 0 aliphatic heterocycles. The maximum atomic E-state index is 12.5. The Hall–Kier alpha value is -3.53. The summed E-state index contributed by atoms with van der Waals surface area (Å²) < 4.78 is 0. The van der Waals surface area contributed by atoms with Gasteiger partial charge in [-0.2, -0.15) is 0 Å². The van der Waals surface area contributed by atoms with Crippen molar-refractivity contribution in [2.24, 2.45) is 5.92 Å². The van der Waals surface area contributed by atoms with Crippen molar-refractivity contribution in [2.45, 2.75) is 13.8 Å². The number of carbonyl (C=O) groups excluding carboxylic acids is 1. The molecule has 0 fully saturated rings. The lowest BCUT2D eigenvalue weighted by atomic mass is 10.0. The van der Waals surface area contributed by atoms with E-state index in [-0.39, 0.29) is 5.91 Å². The standard InChI is InChI=1S/C25H23N3O/c1-17(2)16-26-25(29)20-13-14-21-22(15-20)28-24(19-11-7-4-8-12-19)23(27-21)18-9-5-3-6-10-18/h3-15,17H,16H2,1-2H3,(H,26,29). The van der Waals surface area contributed by atoms with Crippen molar-refractivity contribution >= 4 is 16.9 Å². The first-order chi connectivity index (χ1) is 14.1. The molecule has 4 nitrogen and oxygen atoms in total. The van der Waals surface area contributed by atoms with Crippen LogP contribution in [0.15, 0.2) is 78.9 Å². The molecule has 1 amide bonds. The van der Waals surface area contributed by atoms with E-state index in [0.29, 0.717) is 23.5 Å². The highest BCUT2D eigenvalue weighted by molar-refractivity contribution is 5.98. The van der Waals surface area contributed by atoms with E-state index >= 15 is 0 Å². The van der Waals surface area contributed by atoms with Crippen LogP contribution in [0.3, 0.4) is 0 Å². The Morgan fingerprint density at radius 3 is 1.90 bits per heavy atom. The van der Waals surface area contributed by atoms with Gasteiger partial charge in [-0.15, -0.1) is 0 Å². The van der Waals surface area contributed by atoms with Crippen molar-refractivity contribution < 1.29 is 4.79 Å². The van der Waals surface area contributed by atoms with Gasteiger partial charge in [0.15, 0.2) is 0 Å². The average molecular weight is 381 g/mol. The normalized spacial score (nSPS) is 11.0. The minimum atomic E-state index is -0.0872. The predicted molar refractivity (Wildman–Crippen MR) is 118 cm³/mol. The van der Waals surface area contributed by atoms with Crippen molar-refractivity contribution in [1.29, 1.82) is 0 Å². The zero-order valence-corrected chi connectivity index (χ0v) is 16.6. The quantitative estimate of drug-likeness (QED) is 0.507. The van der Waals surface area contributed by atoms with Crippen LogP contribution in [0.2, 0.25) is 0 Å². The fraction of sp³-hybridized carbons (Fsp3) is 0.160.